The maximum absolute atomic E-state index is 12.4. The zero-order valence-electron chi connectivity index (χ0n) is 16.4. The van der Waals surface area contributed by atoms with E-state index in [0.717, 1.165) is 12.8 Å². The third-order valence-corrected chi connectivity index (χ3v) is 4.34. The van der Waals surface area contributed by atoms with Gasteiger partial charge < -0.3 is 19.7 Å². The molecule has 1 N–H and O–H groups in total. The first-order valence-corrected chi connectivity index (χ1v) is 9.14. The van der Waals surface area contributed by atoms with Crippen molar-refractivity contribution in [3.8, 4) is 0 Å². The summed E-state index contributed by atoms with van der Waals surface area (Å²) in [6.07, 6.45) is 1.45. The van der Waals surface area contributed by atoms with E-state index in [1.165, 1.54) is 7.11 Å². The van der Waals surface area contributed by atoms with Crippen LogP contribution in [-0.4, -0.2) is 54.2 Å². The van der Waals surface area contributed by atoms with Crippen LogP contribution < -0.4 is 5.32 Å². The van der Waals surface area contributed by atoms with Crippen LogP contribution in [0.15, 0.2) is 30.3 Å². The number of carbonyl (C=O) groups excluding carboxylic acids is 3. The first-order valence-electron chi connectivity index (χ1n) is 9.14. The van der Waals surface area contributed by atoms with Crippen LogP contribution in [0.25, 0.3) is 0 Å². The van der Waals surface area contributed by atoms with Gasteiger partial charge in [-0.2, -0.15) is 0 Å². The van der Waals surface area contributed by atoms with Crippen LogP contribution >= 0.6 is 0 Å². The molecule has 0 radical (unpaired) electrons. The van der Waals surface area contributed by atoms with Crippen molar-refractivity contribution in [3.63, 3.8) is 0 Å². The van der Waals surface area contributed by atoms with E-state index in [-0.39, 0.29) is 18.4 Å². The quantitative estimate of drug-likeness (QED) is 0.799. The van der Waals surface area contributed by atoms with Crippen molar-refractivity contribution in [1.82, 2.24) is 10.2 Å². The molecule has 0 bridgehead atoms. The predicted molar refractivity (Wildman–Crippen MR) is 100 cm³/mol. The van der Waals surface area contributed by atoms with Crippen molar-refractivity contribution in [3.05, 3.63) is 35.9 Å². The minimum atomic E-state index is -0.837. The summed E-state index contributed by atoms with van der Waals surface area (Å²) in [7, 11) is 1.28. The van der Waals surface area contributed by atoms with Gasteiger partial charge in [-0.1, -0.05) is 18.2 Å². The van der Waals surface area contributed by atoms with Gasteiger partial charge in [-0.15, -0.1) is 0 Å². The molecule has 0 aliphatic carbocycles. The van der Waals surface area contributed by atoms with Crippen molar-refractivity contribution in [2.75, 3.05) is 13.7 Å². The fourth-order valence-electron chi connectivity index (χ4n) is 3.10. The number of benzene rings is 1. The first kappa shape index (κ1) is 20.7. The van der Waals surface area contributed by atoms with Crippen molar-refractivity contribution >= 4 is 18.0 Å². The second-order valence-corrected chi connectivity index (χ2v) is 7.62. The summed E-state index contributed by atoms with van der Waals surface area (Å²) in [5, 5.41) is 2.73. The zero-order chi connectivity index (χ0) is 20.0. The molecule has 0 saturated carbocycles. The van der Waals surface area contributed by atoms with Crippen LogP contribution in [0.2, 0.25) is 0 Å². The van der Waals surface area contributed by atoms with Gasteiger partial charge in [-0.3, -0.25) is 4.79 Å². The Kier molecular flexibility index (Phi) is 6.82. The Morgan fingerprint density at radius 3 is 2.48 bits per heavy atom. The molecule has 0 aromatic heterocycles. The van der Waals surface area contributed by atoms with Crippen molar-refractivity contribution in [1.29, 1.82) is 0 Å². The van der Waals surface area contributed by atoms with Gasteiger partial charge in [0.2, 0.25) is 0 Å². The molecule has 2 rings (SSSR count). The number of methoxy groups -OCH3 is 1. The number of likely N-dealkylation sites (tertiary alicyclic amines) is 1. The first-order chi connectivity index (χ1) is 12.7. The Morgan fingerprint density at radius 1 is 1.22 bits per heavy atom. The molecule has 7 nitrogen and oxygen atoms in total. The van der Waals surface area contributed by atoms with Crippen LogP contribution in [0.5, 0.6) is 0 Å². The van der Waals surface area contributed by atoms with Gasteiger partial charge in [-0.25, -0.2) is 9.59 Å². The second kappa shape index (κ2) is 8.88. The summed E-state index contributed by atoms with van der Waals surface area (Å²) < 4.78 is 10.3. The summed E-state index contributed by atoms with van der Waals surface area (Å²) in [6.45, 7) is 6.01. The van der Waals surface area contributed by atoms with Gasteiger partial charge in [-0.05, 0) is 52.2 Å². The highest BCUT2D eigenvalue weighted by Gasteiger charge is 2.36. The maximum atomic E-state index is 12.4. The summed E-state index contributed by atoms with van der Waals surface area (Å²) in [6, 6.07) is 7.63. The minimum absolute atomic E-state index is 0.194. The highest BCUT2D eigenvalue weighted by molar-refractivity contribution is 5.96. The van der Waals surface area contributed by atoms with Gasteiger partial charge in [0.15, 0.2) is 0 Å². The highest BCUT2D eigenvalue weighted by atomic mass is 16.6. The Hall–Kier alpha value is -2.57. The van der Waals surface area contributed by atoms with Crippen molar-refractivity contribution < 1.29 is 23.9 Å². The average Bonchev–Trinajstić information content (AvgIpc) is 3.08. The summed E-state index contributed by atoms with van der Waals surface area (Å²) >= 11 is 0. The fraction of sp³-hybridized carbons (Fsp3) is 0.550. The Morgan fingerprint density at radius 2 is 1.89 bits per heavy atom. The number of hydrogen-bond donors (Lipinski definition) is 1. The van der Waals surface area contributed by atoms with E-state index in [1.807, 2.05) is 26.8 Å². The molecular weight excluding hydrogens is 348 g/mol. The summed E-state index contributed by atoms with van der Waals surface area (Å²) in [4.78, 5) is 38.7. The van der Waals surface area contributed by atoms with Crippen molar-refractivity contribution in [2.24, 2.45) is 0 Å². The Bertz CT molecular complexity index is 669. The molecule has 7 heteroatoms. The third kappa shape index (κ3) is 5.98. The van der Waals surface area contributed by atoms with E-state index >= 15 is 0 Å². The maximum Gasteiger partial charge on any atom is 0.410 e. The number of hydrogen-bond acceptors (Lipinski definition) is 5. The molecule has 1 fully saturated rings. The van der Waals surface area contributed by atoms with Crippen LogP contribution in [0, 0.1) is 0 Å². The molecule has 2 atom stereocenters. The lowest BCUT2D eigenvalue weighted by Crippen LogP contribution is -2.47. The van der Waals surface area contributed by atoms with Gasteiger partial charge in [0, 0.05) is 18.2 Å². The monoisotopic (exact) mass is 376 g/mol. The number of rotatable bonds is 5. The number of esters is 1. The Labute approximate surface area is 160 Å². The van der Waals surface area contributed by atoms with Gasteiger partial charge >= 0.3 is 12.1 Å². The fourth-order valence-corrected chi connectivity index (χ4v) is 3.10. The molecule has 1 aromatic rings. The van der Waals surface area contributed by atoms with E-state index in [1.54, 1.807) is 29.2 Å². The molecule has 2 amide bonds. The van der Waals surface area contributed by atoms with E-state index in [0.29, 0.717) is 12.1 Å². The topological polar surface area (TPSA) is 84.9 Å². The SMILES string of the molecule is COC(=O)[C@H](C[C@H]1CCCN1C(=O)OC(C)(C)C)NC(=O)c1ccccc1. The van der Waals surface area contributed by atoms with E-state index in [2.05, 4.69) is 5.32 Å². The van der Waals surface area contributed by atoms with Crippen LogP contribution in [0.1, 0.15) is 50.4 Å². The molecule has 0 unspecified atom stereocenters. The molecule has 1 aliphatic heterocycles. The normalized spacial score (nSPS) is 17.9. The highest BCUT2D eigenvalue weighted by Crippen LogP contribution is 2.24. The summed E-state index contributed by atoms with van der Waals surface area (Å²) in [5.41, 5.74) is -0.130. The third-order valence-electron chi connectivity index (χ3n) is 4.34. The smallest absolute Gasteiger partial charge is 0.410 e. The largest absolute Gasteiger partial charge is 0.467 e. The molecule has 1 aromatic carbocycles. The number of ether oxygens (including phenoxy) is 2. The molecule has 0 spiro atoms. The zero-order valence-corrected chi connectivity index (χ0v) is 16.4. The molecular formula is C20H28N2O5. The lowest BCUT2D eigenvalue weighted by atomic mass is 10.0. The van der Waals surface area contributed by atoms with Gasteiger partial charge in [0.25, 0.3) is 5.91 Å². The standard InChI is InChI=1S/C20H28N2O5/c1-20(2,3)27-19(25)22-12-8-11-15(22)13-16(18(24)26-4)21-17(23)14-9-6-5-7-10-14/h5-7,9-10,15-16H,8,11-13H2,1-4H3,(H,21,23)/t15-,16+/m1/s1. The molecule has 27 heavy (non-hydrogen) atoms. The second-order valence-electron chi connectivity index (χ2n) is 7.62. The number of amides is 2. The molecule has 1 aliphatic rings. The number of carbonyl (C=O) groups is 3. The van der Waals surface area contributed by atoms with E-state index < -0.39 is 23.7 Å². The van der Waals surface area contributed by atoms with Crippen LogP contribution in [0.3, 0.4) is 0 Å². The number of nitrogens with one attached hydrogen (secondary N) is 1. The molecule has 1 heterocycles. The average molecular weight is 376 g/mol. The lowest BCUT2D eigenvalue weighted by Gasteiger charge is -2.30. The lowest BCUT2D eigenvalue weighted by molar-refractivity contribution is -0.143. The number of nitrogens with zero attached hydrogens (tertiary/aromatic N) is 1. The molecule has 148 valence electrons. The molecule has 1 saturated heterocycles. The minimum Gasteiger partial charge on any atom is -0.467 e. The summed E-state index contributed by atoms with van der Waals surface area (Å²) in [5.74, 6) is -0.886. The van der Waals surface area contributed by atoms with Gasteiger partial charge in [0.1, 0.15) is 11.6 Å². The van der Waals surface area contributed by atoms with Gasteiger partial charge in [0.05, 0.1) is 7.11 Å². The van der Waals surface area contributed by atoms with Crippen LogP contribution in [-0.2, 0) is 14.3 Å². The Balaban J connectivity index is 2.07. The predicted octanol–water partition coefficient (Wildman–Crippen LogP) is 2.75. The van der Waals surface area contributed by atoms with E-state index in [9.17, 15) is 14.4 Å². The van der Waals surface area contributed by atoms with Crippen LogP contribution in [0.4, 0.5) is 4.79 Å². The van der Waals surface area contributed by atoms with Crippen molar-refractivity contribution in [2.45, 2.75) is 57.7 Å². The van der Waals surface area contributed by atoms with E-state index in [4.69, 9.17) is 9.47 Å².